The van der Waals surface area contributed by atoms with Gasteiger partial charge in [-0.1, -0.05) is 30.3 Å². The summed E-state index contributed by atoms with van der Waals surface area (Å²) in [4.78, 5) is 50.6. The van der Waals surface area contributed by atoms with Crippen molar-refractivity contribution in [1.29, 1.82) is 0 Å². The predicted molar refractivity (Wildman–Crippen MR) is 117 cm³/mol. The summed E-state index contributed by atoms with van der Waals surface area (Å²) in [5.74, 6) is -1.20. The van der Waals surface area contributed by atoms with Crippen LogP contribution < -0.4 is 11.2 Å². The number of nitrogens with zero attached hydrogens (tertiary/aromatic N) is 2. The van der Waals surface area contributed by atoms with Crippen molar-refractivity contribution in [3.8, 4) is 0 Å². The van der Waals surface area contributed by atoms with Crippen molar-refractivity contribution >= 4 is 28.2 Å². The van der Waals surface area contributed by atoms with E-state index in [4.69, 9.17) is 0 Å². The number of ketones is 2. The molecule has 0 radical (unpaired) electrons. The Bertz CT molecular complexity index is 1360. The van der Waals surface area contributed by atoms with E-state index in [1.807, 2.05) is 30.3 Å². The van der Waals surface area contributed by atoms with Gasteiger partial charge in [0.15, 0.2) is 11.6 Å². The quantitative estimate of drug-likeness (QED) is 0.401. The minimum Gasteiger partial charge on any atom is -0.506 e. The van der Waals surface area contributed by atoms with Crippen LogP contribution in [0.25, 0.3) is 16.7 Å². The molecule has 0 atom stereocenters. The van der Waals surface area contributed by atoms with Gasteiger partial charge in [-0.2, -0.15) is 0 Å². The lowest BCUT2D eigenvalue weighted by Crippen LogP contribution is -2.39. The number of hydrogen-bond acceptors (Lipinski definition) is 5. The number of aliphatic hydroxyl groups excluding tert-OH is 1. The van der Waals surface area contributed by atoms with Crippen molar-refractivity contribution in [2.45, 2.75) is 32.7 Å². The van der Waals surface area contributed by atoms with Gasteiger partial charge in [0.05, 0.1) is 17.4 Å². The second-order valence-electron chi connectivity index (χ2n) is 7.83. The van der Waals surface area contributed by atoms with Gasteiger partial charge in [-0.25, -0.2) is 4.79 Å². The lowest BCUT2D eigenvalue weighted by Gasteiger charge is -2.16. The third kappa shape index (κ3) is 3.52. The molecule has 3 aromatic rings. The molecule has 1 aromatic heterocycles. The first kappa shape index (κ1) is 20.5. The van der Waals surface area contributed by atoms with Crippen LogP contribution in [0.3, 0.4) is 0 Å². The van der Waals surface area contributed by atoms with E-state index >= 15 is 0 Å². The molecule has 1 aliphatic rings. The third-order valence-electron chi connectivity index (χ3n) is 5.69. The molecule has 1 saturated carbocycles. The standard InChI is InChI=1S/C24H22N2O5/c1-14-11-16(22(29)20-18(27)9-6-10-19(20)28)12-17-21(14)25(2)24(31)26(23(17)30)13-15-7-4-3-5-8-15/h3-5,7-8,11-12,29H,6,9-10,13H2,1-2H3. The highest BCUT2D eigenvalue weighted by atomic mass is 16.3. The molecule has 0 spiro atoms. The second-order valence-corrected chi connectivity index (χ2v) is 7.83. The molecule has 0 aliphatic heterocycles. The van der Waals surface area contributed by atoms with E-state index in [2.05, 4.69) is 0 Å². The number of benzene rings is 2. The summed E-state index contributed by atoms with van der Waals surface area (Å²) in [6, 6.07) is 12.2. The normalized spacial score (nSPS) is 14.3. The van der Waals surface area contributed by atoms with E-state index < -0.39 is 28.6 Å². The molecule has 2 aromatic carbocycles. The molecule has 158 valence electrons. The number of allylic oxidation sites excluding steroid dienone is 1. The number of hydrogen-bond donors (Lipinski definition) is 1. The fraction of sp³-hybridized carbons (Fsp3) is 0.250. The van der Waals surface area contributed by atoms with Crippen molar-refractivity contribution in [3.05, 3.63) is 85.6 Å². The van der Waals surface area contributed by atoms with Gasteiger partial charge in [-0.15, -0.1) is 0 Å². The Kier molecular flexibility index (Phi) is 5.19. The average molecular weight is 418 g/mol. The number of aromatic nitrogens is 2. The maximum atomic E-state index is 13.3. The summed E-state index contributed by atoms with van der Waals surface area (Å²) in [7, 11) is 1.59. The molecule has 0 bridgehead atoms. The van der Waals surface area contributed by atoms with E-state index in [-0.39, 0.29) is 35.9 Å². The van der Waals surface area contributed by atoms with Crippen molar-refractivity contribution < 1.29 is 14.7 Å². The first-order chi connectivity index (χ1) is 14.8. The van der Waals surface area contributed by atoms with E-state index in [0.29, 0.717) is 17.5 Å². The maximum absolute atomic E-state index is 13.3. The Morgan fingerprint density at radius 3 is 2.29 bits per heavy atom. The van der Waals surface area contributed by atoms with E-state index in [9.17, 15) is 24.3 Å². The van der Waals surface area contributed by atoms with E-state index in [0.717, 1.165) is 10.1 Å². The molecule has 7 heteroatoms. The number of carbonyl (C=O) groups is 2. The van der Waals surface area contributed by atoms with Gasteiger partial charge in [-0.05, 0) is 36.6 Å². The van der Waals surface area contributed by atoms with Crippen LogP contribution in [-0.2, 0) is 23.2 Å². The third-order valence-corrected chi connectivity index (χ3v) is 5.69. The number of fused-ring (bicyclic) bond motifs is 1. The van der Waals surface area contributed by atoms with Gasteiger partial charge in [0.25, 0.3) is 5.56 Å². The SMILES string of the molecule is Cc1cc(C(O)=C2C(=O)CCCC2=O)cc2c(=O)n(Cc3ccccc3)c(=O)n(C)c12. The monoisotopic (exact) mass is 418 g/mol. The topological polar surface area (TPSA) is 98.4 Å². The van der Waals surface area contributed by atoms with Crippen molar-refractivity contribution in [2.24, 2.45) is 7.05 Å². The number of aliphatic hydroxyl groups is 1. The van der Waals surface area contributed by atoms with Gasteiger partial charge in [0.1, 0.15) is 11.3 Å². The van der Waals surface area contributed by atoms with Gasteiger partial charge in [0, 0.05) is 25.5 Å². The van der Waals surface area contributed by atoms with Crippen molar-refractivity contribution in [3.63, 3.8) is 0 Å². The Labute approximate surface area is 177 Å². The van der Waals surface area contributed by atoms with Crippen LogP contribution in [0.4, 0.5) is 0 Å². The van der Waals surface area contributed by atoms with Crippen LogP contribution in [0.15, 0.2) is 57.6 Å². The Balaban J connectivity index is 1.96. The van der Waals surface area contributed by atoms with Gasteiger partial charge < -0.3 is 5.11 Å². The molecule has 1 heterocycles. The molecule has 0 saturated heterocycles. The Morgan fingerprint density at radius 1 is 1.00 bits per heavy atom. The van der Waals surface area contributed by atoms with Crippen molar-refractivity contribution in [1.82, 2.24) is 9.13 Å². The summed E-state index contributed by atoms with van der Waals surface area (Å²) >= 11 is 0. The Morgan fingerprint density at radius 2 is 1.65 bits per heavy atom. The zero-order chi connectivity index (χ0) is 22.3. The highest BCUT2D eigenvalue weighted by Gasteiger charge is 2.28. The van der Waals surface area contributed by atoms with Gasteiger partial charge >= 0.3 is 5.69 Å². The number of carbonyl (C=O) groups excluding carboxylic acids is 2. The lowest BCUT2D eigenvalue weighted by molar-refractivity contribution is -0.123. The second kappa shape index (κ2) is 7.83. The zero-order valence-corrected chi connectivity index (χ0v) is 17.3. The summed E-state index contributed by atoms with van der Waals surface area (Å²) < 4.78 is 2.54. The van der Waals surface area contributed by atoms with Crippen molar-refractivity contribution in [2.75, 3.05) is 0 Å². The van der Waals surface area contributed by atoms with E-state index in [1.54, 1.807) is 20.0 Å². The number of rotatable bonds is 3. The number of Topliss-reactive ketones (excluding diaryl/α,β-unsaturated/α-hetero) is 2. The largest absolute Gasteiger partial charge is 0.506 e. The van der Waals surface area contributed by atoms with Crippen LogP contribution in [0.1, 0.15) is 36.0 Å². The lowest BCUT2D eigenvalue weighted by atomic mass is 9.89. The zero-order valence-electron chi connectivity index (χ0n) is 17.3. The van der Waals surface area contributed by atoms with Crippen LogP contribution in [0.2, 0.25) is 0 Å². The molecular formula is C24H22N2O5. The number of aryl methyl sites for hydroxylation is 2. The summed E-state index contributed by atoms with van der Waals surface area (Å²) in [5.41, 5.74) is 0.895. The van der Waals surface area contributed by atoms with E-state index in [1.165, 1.54) is 10.6 Å². The molecule has 1 aliphatic carbocycles. The highest BCUT2D eigenvalue weighted by molar-refractivity contribution is 6.25. The van der Waals surface area contributed by atoms with Crippen LogP contribution in [-0.4, -0.2) is 25.8 Å². The van der Waals surface area contributed by atoms with Crippen LogP contribution >= 0.6 is 0 Å². The molecule has 0 unspecified atom stereocenters. The van der Waals surface area contributed by atoms with Crippen LogP contribution in [0.5, 0.6) is 0 Å². The van der Waals surface area contributed by atoms with Crippen LogP contribution in [0, 0.1) is 6.92 Å². The smallest absolute Gasteiger partial charge is 0.331 e. The molecule has 31 heavy (non-hydrogen) atoms. The first-order valence-corrected chi connectivity index (χ1v) is 10.1. The summed E-state index contributed by atoms with van der Waals surface area (Å²) in [6.45, 7) is 1.82. The average Bonchev–Trinajstić information content (AvgIpc) is 2.75. The minimum atomic E-state index is -0.494. The Hall–Kier alpha value is -3.74. The maximum Gasteiger partial charge on any atom is 0.331 e. The highest BCUT2D eigenvalue weighted by Crippen LogP contribution is 2.27. The molecule has 7 nitrogen and oxygen atoms in total. The summed E-state index contributed by atoms with van der Waals surface area (Å²) in [6.07, 6.45) is 0.879. The predicted octanol–water partition coefficient (Wildman–Crippen LogP) is 2.65. The molecule has 0 amide bonds. The summed E-state index contributed by atoms with van der Waals surface area (Å²) in [5, 5.41) is 11.0. The molecular weight excluding hydrogens is 396 g/mol. The van der Waals surface area contributed by atoms with Gasteiger partial charge in [-0.3, -0.25) is 23.5 Å². The fourth-order valence-electron chi connectivity index (χ4n) is 4.16. The molecule has 1 N–H and O–H groups in total. The minimum absolute atomic E-state index is 0.107. The van der Waals surface area contributed by atoms with Gasteiger partial charge in [0.2, 0.25) is 0 Å². The molecule has 1 fully saturated rings. The fourth-order valence-corrected chi connectivity index (χ4v) is 4.16. The molecule has 4 rings (SSSR count). The first-order valence-electron chi connectivity index (χ1n) is 10.1.